The number of nitrogens with zero attached hydrogens (tertiary/aromatic N) is 2. The van der Waals surface area contributed by atoms with E-state index in [9.17, 15) is 21.9 Å². The fourth-order valence-electron chi connectivity index (χ4n) is 2.19. The Hall–Kier alpha value is -2.81. The van der Waals surface area contributed by atoms with Crippen LogP contribution in [0, 0.1) is 0 Å². The number of fused-ring (bicyclic) bond motifs is 1. The molecule has 0 unspecified atom stereocenters. The first-order chi connectivity index (χ1) is 10.9. The number of rotatable bonds is 3. The Morgan fingerprint density at radius 3 is 2.52 bits per heavy atom. The maximum Gasteiger partial charge on any atom is 0.333 e. The molecule has 1 aromatic carbocycles. The van der Waals surface area contributed by atoms with Crippen molar-refractivity contribution in [1.82, 2.24) is 14.5 Å². The van der Waals surface area contributed by atoms with Crippen molar-refractivity contribution in [2.45, 2.75) is 11.4 Å². The number of aromatic amines is 1. The van der Waals surface area contributed by atoms with Crippen LogP contribution in [0.4, 0.5) is 3.89 Å². The standard InChI is InChI=1S/C14H10FN3O4S/c15-23(21,22)10-6-11-12(16-7-10)18(14(20)17-13(11)19)8-9-4-2-1-3-5-9/h1-7H,8H2,(H,17,19,20). The largest absolute Gasteiger partial charge is 0.333 e. The highest BCUT2D eigenvalue weighted by Gasteiger charge is 2.16. The second-order valence-electron chi connectivity index (χ2n) is 4.81. The number of hydrogen-bond donors (Lipinski definition) is 1. The summed E-state index contributed by atoms with van der Waals surface area (Å²) in [5.41, 5.74) is -0.746. The van der Waals surface area contributed by atoms with Gasteiger partial charge in [0.2, 0.25) is 0 Å². The highest BCUT2D eigenvalue weighted by atomic mass is 32.3. The maximum atomic E-state index is 13.1. The zero-order valence-corrected chi connectivity index (χ0v) is 12.4. The van der Waals surface area contributed by atoms with Gasteiger partial charge in [0.1, 0.15) is 10.5 Å². The molecule has 2 aromatic heterocycles. The van der Waals surface area contributed by atoms with Crippen LogP contribution in [-0.4, -0.2) is 23.0 Å². The van der Waals surface area contributed by atoms with Gasteiger partial charge in [-0.1, -0.05) is 30.3 Å². The van der Waals surface area contributed by atoms with Crippen LogP contribution < -0.4 is 11.2 Å². The lowest BCUT2D eigenvalue weighted by Crippen LogP contribution is -2.31. The summed E-state index contributed by atoms with van der Waals surface area (Å²) in [6.07, 6.45) is 0.776. The van der Waals surface area contributed by atoms with Gasteiger partial charge < -0.3 is 0 Å². The lowest BCUT2D eigenvalue weighted by molar-refractivity contribution is 0.551. The highest BCUT2D eigenvalue weighted by molar-refractivity contribution is 7.86. The van der Waals surface area contributed by atoms with Crippen molar-refractivity contribution in [3.8, 4) is 0 Å². The molecule has 0 saturated carbocycles. The highest BCUT2D eigenvalue weighted by Crippen LogP contribution is 2.15. The smallest absolute Gasteiger partial charge is 0.273 e. The predicted octanol–water partition coefficient (Wildman–Crippen LogP) is 0.791. The van der Waals surface area contributed by atoms with E-state index in [1.54, 1.807) is 24.3 Å². The van der Waals surface area contributed by atoms with Gasteiger partial charge >= 0.3 is 15.9 Å². The summed E-state index contributed by atoms with van der Waals surface area (Å²) >= 11 is 0. The van der Waals surface area contributed by atoms with E-state index in [2.05, 4.69) is 9.97 Å². The Balaban J connectivity index is 2.27. The van der Waals surface area contributed by atoms with Gasteiger partial charge in [-0.25, -0.2) is 9.78 Å². The summed E-state index contributed by atoms with van der Waals surface area (Å²) in [6.45, 7) is 0.127. The molecule has 0 spiro atoms. The van der Waals surface area contributed by atoms with E-state index in [0.717, 1.165) is 17.8 Å². The van der Waals surface area contributed by atoms with Crippen molar-refractivity contribution < 1.29 is 12.3 Å². The van der Waals surface area contributed by atoms with Crippen molar-refractivity contribution >= 4 is 21.3 Å². The van der Waals surface area contributed by atoms with E-state index in [1.165, 1.54) is 4.57 Å². The first-order valence-electron chi connectivity index (χ1n) is 6.48. The van der Waals surface area contributed by atoms with E-state index in [-0.39, 0.29) is 17.6 Å². The van der Waals surface area contributed by atoms with Crippen molar-refractivity contribution in [1.29, 1.82) is 0 Å². The molecular formula is C14H10FN3O4S. The summed E-state index contributed by atoms with van der Waals surface area (Å²) in [4.78, 5) is 29.0. The number of nitrogens with one attached hydrogen (secondary N) is 1. The van der Waals surface area contributed by atoms with Crippen molar-refractivity contribution in [3.05, 3.63) is 69.0 Å². The molecule has 3 aromatic rings. The normalized spacial score (nSPS) is 11.7. The van der Waals surface area contributed by atoms with Crippen LogP contribution in [0.25, 0.3) is 11.0 Å². The Bertz CT molecular complexity index is 1100. The quantitative estimate of drug-likeness (QED) is 0.713. The molecule has 3 rings (SSSR count). The first-order valence-corrected chi connectivity index (χ1v) is 7.86. The zero-order valence-electron chi connectivity index (χ0n) is 11.6. The van der Waals surface area contributed by atoms with Gasteiger partial charge in [-0.05, 0) is 11.6 Å². The summed E-state index contributed by atoms with van der Waals surface area (Å²) < 4.78 is 36.1. The van der Waals surface area contributed by atoms with Gasteiger partial charge in [-0.15, -0.1) is 3.89 Å². The number of H-pyrrole nitrogens is 1. The van der Waals surface area contributed by atoms with E-state index in [1.807, 2.05) is 6.07 Å². The number of pyridine rings is 1. The minimum absolute atomic E-state index is 0.0185. The number of aromatic nitrogens is 3. The van der Waals surface area contributed by atoms with E-state index >= 15 is 0 Å². The van der Waals surface area contributed by atoms with Gasteiger partial charge in [-0.3, -0.25) is 14.3 Å². The number of benzene rings is 1. The van der Waals surface area contributed by atoms with Crippen LogP contribution >= 0.6 is 0 Å². The molecule has 0 aliphatic heterocycles. The Morgan fingerprint density at radius 2 is 1.87 bits per heavy atom. The molecule has 9 heteroatoms. The van der Waals surface area contributed by atoms with Gasteiger partial charge in [0.15, 0.2) is 0 Å². The molecule has 1 N–H and O–H groups in total. The SMILES string of the molecule is O=c1[nH]c(=O)n(Cc2ccccc2)c2ncc(S(=O)(=O)F)cc12. The minimum Gasteiger partial charge on any atom is -0.273 e. The van der Waals surface area contributed by atoms with Crippen LogP contribution in [0.2, 0.25) is 0 Å². The molecule has 0 fully saturated rings. The average molecular weight is 335 g/mol. The lowest BCUT2D eigenvalue weighted by Gasteiger charge is -2.09. The number of halogens is 1. The number of hydrogen-bond acceptors (Lipinski definition) is 5. The van der Waals surface area contributed by atoms with E-state index in [4.69, 9.17) is 0 Å². The fourth-order valence-corrected chi connectivity index (χ4v) is 2.63. The van der Waals surface area contributed by atoms with Crippen LogP contribution in [0.5, 0.6) is 0 Å². The molecule has 0 atom stereocenters. The van der Waals surface area contributed by atoms with Crippen LogP contribution in [0.3, 0.4) is 0 Å². The second kappa shape index (κ2) is 5.43. The third-order valence-corrected chi connectivity index (χ3v) is 4.06. The first kappa shape index (κ1) is 15.1. The molecule has 0 aliphatic rings. The predicted molar refractivity (Wildman–Crippen MR) is 80.5 cm³/mol. The monoisotopic (exact) mass is 335 g/mol. The topological polar surface area (TPSA) is 102 Å². The molecule has 0 bridgehead atoms. The minimum atomic E-state index is -5.00. The van der Waals surface area contributed by atoms with Gasteiger partial charge in [0.05, 0.1) is 18.1 Å². The average Bonchev–Trinajstić information content (AvgIpc) is 2.51. The molecule has 7 nitrogen and oxygen atoms in total. The van der Waals surface area contributed by atoms with Crippen molar-refractivity contribution in [3.63, 3.8) is 0 Å². The Kier molecular flexibility index (Phi) is 3.57. The molecule has 2 heterocycles. The third kappa shape index (κ3) is 2.90. The van der Waals surface area contributed by atoms with Crippen molar-refractivity contribution in [2.75, 3.05) is 0 Å². The summed E-state index contributed by atoms with van der Waals surface area (Å²) in [5.74, 6) is 0. The van der Waals surface area contributed by atoms with Crippen LogP contribution in [0.1, 0.15) is 5.56 Å². The molecule has 0 saturated heterocycles. The molecule has 0 aliphatic carbocycles. The van der Waals surface area contributed by atoms with Crippen LogP contribution in [-0.2, 0) is 16.8 Å². The third-order valence-electron chi connectivity index (χ3n) is 3.27. The second-order valence-corrected chi connectivity index (χ2v) is 6.16. The summed E-state index contributed by atoms with van der Waals surface area (Å²) in [7, 11) is -5.00. The molecule has 23 heavy (non-hydrogen) atoms. The molecule has 0 amide bonds. The lowest BCUT2D eigenvalue weighted by atomic mass is 10.2. The Morgan fingerprint density at radius 1 is 1.17 bits per heavy atom. The van der Waals surface area contributed by atoms with Gasteiger partial charge in [0.25, 0.3) is 5.56 Å². The van der Waals surface area contributed by atoms with Crippen molar-refractivity contribution in [2.24, 2.45) is 0 Å². The Labute approximate surface area is 129 Å². The van der Waals surface area contributed by atoms with Gasteiger partial charge in [-0.2, -0.15) is 8.42 Å². The fraction of sp³-hybridized carbons (Fsp3) is 0.0714. The van der Waals surface area contributed by atoms with Gasteiger partial charge in [0, 0.05) is 0 Å². The summed E-state index contributed by atoms with van der Waals surface area (Å²) in [5, 5.41) is -0.181. The van der Waals surface area contributed by atoms with E-state index < -0.39 is 26.4 Å². The van der Waals surface area contributed by atoms with E-state index in [0.29, 0.717) is 0 Å². The zero-order chi connectivity index (χ0) is 16.6. The maximum absolute atomic E-state index is 13.1. The summed E-state index contributed by atoms with van der Waals surface area (Å²) in [6, 6.07) is 9.81. The molecular weight excluding hydrogens is 325 g/mol. The molecule has 0 radical (unpaired) electrons. The van der Waals surface area contributed by atoms with Crippen LogP contribution in [0.15, 0.2) is 57.1 Å². The molecule has 118 valence electrons.